The molecule has 0 unspecified atom stereocenters. The van der Waals surface area contributed by atoms with Crippen molar-refractivity contribution < 1.29 is 14.6 Å². The summed E-state index contributed by atoms with van der Waals surface area (Å²) in [5.74, 6) is 1.18. The highest BCUT2D eigenvalue weighted by molar-refractivity contribution is 5.90. The summed E-state index contributed by atoms with van der Waals surface area (Å²) in [7, 11) is 0. The Labute approximate surface area is 264 Å². The molecule has 3 aromatic heterocycles. The molecule has 10 nitrogen and oxygen atoms in total. The molecule has 1 fully saturated rings. The van der Waals surface area contributed by atoms with Gasteiger partial charge in [-0.25, -0.2) is 9.78 Å². The van der Waals surface area contributed by atoms with E-state index in [2.05, 4.69) is 42.3 Å². The Morgan fingerprint density at radius 1 is 0.913 bits per heavy atom. The number of aromatic amines is 2. The summed E-state index contributed by atoms with van der Waals surface area (Å²) >= 11 is 0. The van der Waals surface area contributed by atoms with Crippen molar-refractivity contribution in [1.82, 2.24) is 35.2 Å². The molecule has 8 rings (SSSR count). The molecule has 1 aliphatic carbocycles. The summed E-state index contributed by atoms with van der Waals surface area (Å²) in [5, 5.41) is 25.3. The zero-order valence-corrected chi connectivity index (χ0v) is 25.0. The second kappa shape index (κ2) is 11.6. The number of aromatic nitrogens is 7. The molecule has 4 aromatic carbocycles. The van der Waals surface area contributed by atoms with Crippen LogP contribution in [0.5, 0.6) is 5.75 Å². The van der Waals surface area contributed by atoms with Gasteiger partial charge in [0.15, 0.2) is 0 Å². The van der Waals surface area contributed by atoms with Crippen molar-refractivity contribution in [2.75, 3.05) is 0 Å². The fourth-order valence-corrected chi connectivity index (χ4v) is 6.62. The summed E-state index contributed by atoms with van der Waals surface area (Å²) in [6.07, 6.45) is 5.94. The van der Waals surface area contributed by atoms with Crippen LogP contribution in [0.15, 0.2) is 91.0 Å². The van der Waals surface area contributed by atoms with E-state index in [9.17, 15) is 9.90 Å². The lowest BCUT2D eigenvalue weighted by atomic mass is 9.95. The first-order valence-corrected chi connectivity index (χ1v) is 15.5. The number of fused-ring (bicyclic) bond motifs is 2. The zero-order valence-electron chi connectivity index (χ0n) is 25.0. The van der Waals surface area contributed by atoms with Gasteiger partial charge in [-0.3, -0.25) is 0 Å². The Balaban J connectivity index is 1.10. The minimum atomic E-state index is -0.973. The molecule has 0 atom stereocenters. The molecule has 46 heavy (non-hydrogen) atoms. The summed E-state index contributed by atoms with van der Waals surface area (Å²) < 4.78 is 8.66. The van der Waals surface area contributed by atoms with Gasteiger partial charge in [-0.15, -0.1) is 10.2 Å². The normalized spacial score (nSPS) is 13.8. The van der Waals surface area contributed by atoms with Gasteiger partial charge in [-0.1, -0.05) is 43.5 Å². The second-order valence-corrected chi connectivity index (χ2v) is 11.8. The Bertz CT molecular complexity index is 2140. The molecule has 1 saturated carbocycles. The molecule has 7 aromatic rings. The topological polar surface area (TPSA) is 135 Å². The van der Waals surface area contributed by atoms with Gasteiger partial charge in [0, 0.05) is 39.3 Å². The first-order valence-electron chi connectivity index (χ1n) is 15.5. The maximum absolute atomic E-state index is 11.8. The molecule has 0 saturated heterocycles. The van der Waals surface area contributed by atoms with E-state index in [4.69, 9.17) is 9.72 Å². The second-order valence-electron chi connectivity index (χ2n) is 11.8. The van der Waals surface area contributed by atoms with Gasteiger partial charge in [-0.2, -0.15) is 5.21 Å². The number of hydrogen-bond donors (Lipinski definition) is 3. The molecule has 3 heterocycles. The molecular formula is C36H31N7O3. The third kappa shape index (κ3) is 5.17. The van der Waals surface area contributed by atoms with Crippen molar-refractivity contribution in [3.63, 3.8) is 0 Å². The lowest BCUT2D eigenvalue weighted by molar-refractivity contribution is 0.0696. The van der Waals surface area contributed by atoms with E-state index in [0.29, 0.717) is 17.6 Å². The minimum absolute atomic E-state index is 0.213. The van der Waals surface area contributed by atoms with E-state index >= 15 is 0 Å². The van der Waals surface area contributed by atoms with Crippen LogP contribution in [0.3, 0.4) is 0 Å². The zero-order chi connectivity index (χ0) is 31.0. The van der Waals surface area contributed by atoms with Crippen LogP contribution in [0.2, 0.25) is 0 Å². The first kappa shape index (κ1) is 27.8. The highest BCUT2D eigenvalue weighted by Crippen LogP contribution is 2.37. The molecular weight excluding hydrogens is 578 g/mol. The van der Waals surface area contributed by atoms with Crippen molar-refractivity contribution in [1.29, 1.82) is 0 Å². The van der Waals surface area contributed by atoms with Gasteiger partial charge in [0.1, 0.15) is 18.2 Å². The Hall–Kier alpha value is -5.77. The van der Waals surface area contributed by atoms with Gasteiger partial charge >= 0.3 is 5.97 Å². The molecule has 228 valence electrons. The summed E-state index contributed by atoms with van der Waals surface area (Å²) in [6.45, 7) is 0.213. The molecule has 0 radical (unpaired) electrons. The molecule has 0 bridgehead atoms. The highest BCUT2D eigenvalue weighted by atomic mass is 16.5. The van der Waals surface area contributed by atoms with E-state index in [-0.39, 0.29) is 12.2 Å². The number of benzene rings is 4. The number of tetrazole rings is 1. The number of aromatic carboxylic acids is 1. The van der Waals surface area contributed by atoms with Gasteiger partial charge in [-0.05, 0) is 90.3 Å². The average Bonchev–Trinajstić information content (AvgIpc) is 3.86. The summed E-state index contributed by atoms with van der Waals surface area (Å²) in [6, 6.07) is 29.8. The van der Waals surface area contributed by atoms with Crippen molar-refractivity contribution in [2.45, 2.75) is 44.8 Å². The molecule has 0 spiro atoms. The number of carbonyl (C=O) groups is 1. The van der Waals surface area contributed by atoms with Gasteiger partial charge in [0.2, 0.25) is 5.82 Å². The molecule has 10 heteroatoms. The van der Waals surface area contributed by atoms with Crippen molar-refractivity contribution in [3.05, 3.63) is 102 Å². The largest absolute Gasteiger partial charge is 0.489 e. The number of imidazole rings is 1. The fourth-order valence-electron chi connectivity index (χ4n) is 6.62. The Morgan fingerprint density at radius 3 is 2.52 bits per heavy atom. The quantitative estimate of drug-likeness (QED) is 0.160. The third-order valence-electron chi connectivity index (χ3n) is 8.91. The Morgan fingerprint density at radius 2 is 1.74 bits per heavy atom. The fraction of sp³-hybridized carbons (Fsp3) is 0.194. The molecule has 3 N–H and O–H groups in total. The van der Waals surface area contributed by atoms with Gasteiger partial charge in [0.05, 0.1) is 16.6 Å². The number of carboxylic acid groups (broad SMARTS) is 1. The number of carboxylic acids is 1. The number of rotatable bonds is 8. The van der Waals surface area contributed by atoms with E-state index in [1.54, 1.807) is 12.1 Å². The van der Waals surface area contributed by atoms with E-state index < -0.39 is 5.97 Å². The predicted octanol–water partition coefficient (Wildman–Crippen LogP) is 7.81. The summed E-state index contributed by atoms with van der Waals surface area (Å²) in [5.41, 5.74) is 7.70. The van der Waals surface area contributed by atoms with Crippen LogP contribution < -0.4 is 4.74 Å². The average molecular weight is 610 g/mol. The minimum Gasteiger partial charge on any atom is -0.489 e. The lowest BCUT2D eigenvalue weighted by Gasteiger charge is -2.25. The SMILES string of the molecule is O=C(O)c1ccc(-c2cc3ccccc3[nH]2)c(COc2ccc(-c3nc4cc(-c5nn[nH]n5)ccc4n3C3CCCCC3)cc2)c1. The van der Waals surface area contributed by atoms with Crippen LogP contribution in [0.25, 0.3) is 56.0 Å². The maximum atomic E-state index is 11.8. The van der Waals surface area contributed by atoms with Crippen LogP contribution >= 0.6 is 0 Å². The van der Waals surface area contributed by atoms with Crippen molar-refractivity contribution in [3.8, 4) is 39.8 Å². The lowest BCUT2D eigenvalue weighted by Crippen LogP contribution is -2.14. The number of nitrogens with one attached hydrogen (secondary N) is 2. The third-order valence-corrected chi connectivity index (χ3v) is 8.91. The number of H-pyrrole nitrogens is 2. The van der Waals surface area contributed by atoms with Crippen molar-refractivity contribution >= 4 is 27.9 Å². The first-order chi connectivity index (χ1) is 22.6. The van der Waals surface area contributed by atoms with Crippen LogP contribution in [-0.2, 0) is 6.61 Å². The van der Waals surface area contributed by atoms with Gasteiger partial charge in [0.25, 0.3) is 0 Å². The van der Waals surface area contributed by atoms with Crippen molar-refractivity contribution in [2.24, 2.45) is 0 Å². The van der Waals surface area contributed by atoms with E-state index in [1.165, 1.54) is 19.3 Å². The van der Waals surface area contributed by atoms with Gasteiger partial charge < -0.3 is 19.4 Å². The number of para-hydroxylation sites is 1. The standard InChI is InChI=1S/C36H31N7O3/c44-36(45)25-12-16-29(31-19-23-6-4-5-9-30(23)37-31)26(18-25)21-46-28-14-10-22(11-15-28)35-38-32-20-24(34-39-41-42-40-34)13-17-33(32)43(35)27-7-2-1-3-8-27/h4-6,9-20,27,37H,1-3,7-8,21H2,(H,44,45)(H,39,40,41,42). The smallest absolute Gasteiger partial charge is 0.335 e. The molecule has 0 amide bonds. The van der Waals surface area contributed by atoms with Crippen LogP contribution in [0.1, 0.15) is 54.1 Å². The van der Waals surface area contributed by atoms with Crippen LogP contribution in [-0.4, -0.2) is 46.2 Å². The van der Waals surface area contributed by atoms with E-state index in [0.717, 1.165) is 68.6 Å². The number of hydrogen-bond acceptors (Lipinski definition) is 6. The monoisotopic (exact) mass is 609 g/mol. The summed E-state index contributed by atoms with van der Waals surface area (Å²) in [4.78, 5) is 20.4. The number of nitrogens with zero attached hydrogens (tertiary/aromatic N) is 5. The molecule has 1 aliphatic rings. The van der Waals surface area contributed by atoms with E-state index in [1.807, 2.05) is 66.7 Å². The predicted molar refractivity (Wildman–Crippen MR) is 175 cm³/mol. The van der Waals surface area contributed by atoms with Crippen LogP contribution in [0, 0.1) is 0 Å². The number of ether oxygens (including phenoxy) is 1. The highest BCUT2D eigenvalue weighted by Gasteiger charge is 2.23. The molecule has 0 aliphatic heterocycles. The van der Waals surface area contributed by atoms with Crippen LogP contribution in [0.4, 0.5) is 0 Å². The Kier molecular flexibility index (Phi) is 7.01. The maximum Gasteiger partial charge on any atom is 0.335 e.